The van der Waals surface area contributed by atoms with Crippen LogP contribution in [0.3, 0.4) is 0 Å². The Labute approximate surface area is 211 Å². The van der Waals surface area contributed by atoms with Crippen LogP contribution in [0.1, 0.15) is 81.6 Å². The average molecular weight is 473 g/mol. The second-order valence-electron chi connectivity index (χ2n) is 9.47. The van der Waals surface area contributed by atoms with Crippen LogP contribution in [-0.4, -0.2) is 12.6 Å². The molecule has 0 saturated carbocycles. The molecule has 0 aromatic heterocycles. The van der Waals surface area contributed by atoms with Gasteiger partial charge >= 0.3 is 5.97 Å². The van der Waals surface area contributed by atoms with Gasteiger partial charge in [-0.3, -0.25) is 0 Å². The summed E-state index contributed by atoms with van der Waals surface area (Å²) < 4.78 is 11.4. The molecule has 0 aliphatic rings. The number of hydrogen-bond donors (Lipinski definition) is 0. The SMILES string of the molecule is CCCCCCCCOc1ccc(-c2ccc(C(=O)Oc3ccc(CC(C)CC)cc3)cc2)cc1. The first-order valence-electron chi connectivity index (χ1n) is 13.2. The highest BCUT2D eigenvalue weighted by Gasteiger charge is 2.10. The predicted molar refractivity (Wildman–Crippen MR) is 145 cm³/mol. The molecule has 3 rings (SSSR count). The van der Waals surface area contributed by atoms with Crippen molar-refractivity contribution in [3.05, 3.63) is 83.9 Å². The highest BCUT2D eigenvalue weighted by Crippen LogP contribution is 2.24. The number of hydrogen-bond acceptors (Lipinski definition) is 3. The summed E-state index contributed by atoms with van der Waals surface area (Å²) in [5, 5.41) is 0. The van der Waals surface area contributed by atoms with Gasteiger partial charge in [0.15, 0.2) is 0 Å². The van der Waals surface area contributed by atoms with E-state index in [1.165, 1.54) is 37.7 Å². The standard InChI is InChI=1S/C32H40O3/c1-4-6-7-8-9-10-23-34-30-21-17-28(18-22-30)27-13-15-29(16-14-27)32(33)35-31-19-11-26(12-20-31)24-25(3)5-2/h11-22,25H,4-10,23-24H2,1-3H3. The van der Waals surface area contributed by atoms with E-state index in [2.05, 4.69) is 32.9 Å². The van der Waals surface area contributed by atoms with Crippen LogP contribution in [0, 0.1) is 5.92 Å². The van der Waals surface area contributed by atoms with E-state index in [-0.39, 0.29) is 5.97 Å². The van der Waals surface area contributed by atoms with E-state index in [1.807, 2.05) is 60.7 Å². The summed E-state index contributed by atoms with van der Waals surface area (Å²) in [4.78, 5) is 12.6. The van der Waals surface area contributed by atoms with Crippen LogP contribution in [0.25, 0.3) is 11.1 Å². The lowest BCUT2D eigenvalue weighted by Crippen LogP contribution is -2.08. The van der Waals surface area contributed by atoms with E-state index >= 15 is 0 Å². The van der Waals surface area contributed by atoms with Crippen molar-refractivity contribution >= 4 is 5.97 Å². The second kappa shape index (κ2) is 14.4. The molecule has 3 aromatic rings. The molecule has 0 saturated heterocycles. The number of ether oxygens (including phenoxy) is 2. The molecule has 3 nitrogen and oxygen atoms in total. The Morgan fingerprint density at radius 3 is 1.91 bits per heavy atom. The molecular formula is C32H40O3. The van der Waals surface area contributed by atoms with Crippen molar-refractivity contribution in [1.82, 2.24) is 0 Å². The molecule has 0 N–H and O–H groups in total. The quantitative estimate of drug-likeness (QED) is 0.133. The third-order valence-electron chi connectivity index (χ3n) is 6.49. The molecule has 3 aromatic carbocycles. The van der Waals surface area contributed by atoms with Crippen LogP contribution < -0.4 is 9.47 Å². The van der Waals surface area contributed by atoms with Gasteiger partial charge < -0.3 is 9.47 Å². The van der Waals surface area contributed by atoms with E-state index in [0.29, 0.717) is 17.2 Å². The van der Waals surface area contributed by atoms with Crippen LogP contribution in [0.15, 0.2) is 72.8 Å². The maximum Gasteiger partial charge on any atom is 0.343 e. The molecule has 0 bridgehead atoms. The summed E-state index contributed by atoms with van der Waals surface area (Å²) in [5.74, 6) is 1.78. The number of benzene rings is 3. The van der Waals surface area contributed by atoms with Gasteiger partial charge in [0.05, 0.1) is 12.2 Å². The van der Waals surface area contributed by atoms with Crippen molar-refractivity contribution in [2.24, 2.45) is 5.92 Å². The fourth-order valence-electron chi connectivity index (χ4n) is 4.02. The molecule has 35 heavy (non-hydrogen) atoms. The monoisotopic (exact) mass is 472 g/mol. The van der Waals surface area contributed by atoms with Crippen molar-refractivity contribution in [2.75, 3.05) is 6.61 Å². The average Bonchev–Trinajstić information content (AvgIpc) is 2.89. The zero-order valence-corrected chi connectivity index (χ0v) is 21.6. The fourth-order valence-corrected chi connectivity index (χ4v) is 4.02. The van der Waals surface area contributed by atoms with Gasteiger partial charge in [-0.1, -0.05) is 95.7 Å². The van der Waals surface area contributed by atoms with Gasteiger partial charge in [-0.25, -0.2) is 4.79 Å². The maximum absolute atomic E-state index is 12.6. The zero-order chi connectivity index (χ0) is 24.9. The van der Waals surface area contributed by atoms with E-state index in [1.54, 1.807) is 0 Å². The second-order valence-corrected chi connectivity index (χ2v) is 9.47. The van der Waals surface area contributed by atoms with Crippen LogP contribution in [0.2, 0.25) is 0 Å². The lowest BCUT2D eigenvalue weighted by molar-refractivity contribution is 0.0734. The van der Waals surface area contributed by atoms with Gasteiger partial charge in [-0.15, -0.1) is 0 Å². The first kappa shape index (κ1) is 26.5. The Morgan fingerprint density at radius 2 is 1.29 bits per heavy atom. The van der Waals surface area contributed by atoms with Crippen LogP contribution >= 0.6 is 0 Å². The molecule has 1 unspecified atom stereocenters. The molecule has 0 amide bonds. The predicted octanol–water partition coefficient (Wildman–Crippen LogP) is 8.90. The maximum atomic E-state index is 12.6. The molecule has 0 radical (unpaired) electrons. The van der Waals surface area contributed by atoms with Crippen molar-refractivity contribution in [3.63, 3.8) is 0 Å². The van der Waals surface area contributed by atoms with Crippen molar-refractivity contribution in [3.8, 4) is 22.6 Å². The highest BCUT2D eigenvalue weighted by molar-refractivity contribution is 5.91. The lowest BCUT2D eigenvalue weighted by Gasteiger charge is -2.10. The Morgan fingerprint density at radius 1 is 0.714 bits per heavy atom. The largest absolute Gasteiger partial charge is 0.494 e. The smallest absolute Gasteiger partial charge is 0.343 e. The van der Waals surface area contributed by atoms with E-state index in [4.69, 9.17) is 9.47 Å². The van der Waals surface area contributed by atoms with Gasteiger partial charge in [0.2, 0.25) is 0 Å². The first-order chi connectivity index (χ1) is 17.1. The molecule has 186 valence electrons. The van der Waals surface area contributed by atoms with Gasteiger partial charge in [0.25, 0.3) is 0 Å². The Hall–Kier alpha value is -3.07. The summed E-state index contributed by atoms with van der Waals surface area (Å²) in [6.45, 7) is 7.46. The number of esters is 1. The van der Waals surface area contributed by atoms with E-state index < -0.39 is 0 Å². The van der Waals surface area contributed by atoms with E-state index in [0.717, 1.165) is 42.7 Å². The summed E-state index contributed by atoms with van der Waals surface area (Å²) >= 11 is 0. The van der Waals surface area contributed by atoms with Crippen molar-refractivity contribution in [2.45, 2.75) is 72.1 Å². The molecule has 3 heteroatoms. The number of unbranched alkanes of at least 4 members (excludes halogenated alkanes) is 5. The van der Waals surface area contributed by atoms with Crippen LogP contribution in [-0.2, 0) is 6.42 Å². The summed E-state index contributed by atoms with van der Waals surface area (Å²) in [6.07, 6.45) is 9.77. The van der Waals surface area contributed by atoms with Gasteiger partial charge in [-0.05, 0) is 71.8 Å². The lowest BCUT2D eigenvalue weighted by atomic mass is 9.99. The Bertz CT molecular complexity index is 1000. The Kier molecular flexibility index (Phi) is 10.9. The minimum atomic E-state index is -0.343. The summed E-state index contributed by atoms with van der Waals surface area (Å²) in [6, 6.07) is 23.5. The molecule has 0 fully saturated rings. The van der Waals surface area contributed by atoms with Gasteiger partial charge in [0.1, 0.15) is 11.5 Å². The van der Waals surface area contributed by atoms with E-state index in [9.17, 15) is 4.79 Å². The first-order valence-corrected chi connectivity index (χ1v) is 13.2. The summed E-state index contributed by atoms with van der Waals surface area (Å²) in [7, 11) is 0. The molecule has 0 aliphatic heterocycles. The van der Waals surface area contributed by atoms with Crippen molar-refractivity contribution < 1.29 is 14.3 Å². The van der Waals surface area contributed by atoms with Crippen LogP contribution in [0.5, 0.6) is 11.5 Å². The van der Waals surface area contributed by atoms with Crippen molar-refractivity contribution in [1.29, 1.82) is 0 Å². The van der Waals surface area contributed by atoms with Gasteiger partial charge in [-0.2, -0.15) is 0 Å². The van der Waals surface area contributed by atoms with Gasteiger partial charge in [0, 0.05) is 0 Å². The minimum absolute atomic E-state index is 0.343. The molecule has 0 spiro atoms. The molecule has 1 atom stereocenters. The highest BCUT2D eigenvalue weighted by atomic mass is 16.5. The normalized spacial score (nSPS) is 11.7. The molecular weight excluding hydrogens is 432 g/mol. The number of carbonyl (C=O) groups is 1. The number of carbonyl (C=O) groups excluding carboxylic acids is 1. The summed E-state index contributed by atoms with van der Waals surface area (Å²) in [5.41, 5.74) is 3.95. The molecule has 0 aliphatic carbocycles. The minimum Gasteiger partial charge on any atom is -0.494 e. The molecule has 0 heterocycles. The Balaban J connectivity index is 1.48. The van der Waals surface area contributed by atoms with Crippen LogP contribution in [0.4, 0.5) is 0 Å². The third-order valence-corrected chi connectivity index (χ3v) is 6.49. The number of rotatable bonds is 14. The third kappa shape index (κ3) is 8.90. The topological polar surface area (TPSA) is 35.5 Å². The fraction of sp³-hybridized carbons (Fsp3) is 0.406. The zero-order valence-electron chi connectivity index (χ0n) is 21.6.